The molecule has 0 aliphatic carbocycles. The molecule has 1 unspecified atom stereocenters. The lowest BCUT2D eigenvalue weighted by Crippen LogP contribution is -2.31. The van der Waals surface area contributed by atoms with Crippen molar-refractivity contribution in [2.45, 2.75) is 64.8 Å². The lowest BCUT2D eigenvalue weighted by Gasteiger charge is -2.19. The second-order valence-electron chi connectivity index (χ2n) is 5.48. The van der Waals surface area contributed by atoms with Crippen LogP contribution in [0.1, 0.15) is 57.9 Å². The largest absolute Gasteiger partial charge is 0.314 e. The third-order valence-electron chi connectivity index (χ3n) is 3.49. The molecule has 0 saturated heterocycles. The van der Waals surface area contributed by atoms with E-state index >= 15 is 0 Å². The second-order valence-corrected chi connectivity index (χ2v) is 6.40. The zero-order chi connectivity index (χ0) is 14.8. The standard InChI is InChI=1S/C17H27BrFN/c1-3-5-6-7-8-17(20-9-4-2)12-14-10-15(18)13-16(19)11-14/h10-11,13,17,20H,3-9,12H2,1-2H3. The minimum Gasteiger partial charge on any atom is -0.314 e. The molecule has 0 aliphatic rings. The Hall–Kier alpha value is -0.410. The van der Waals surface area contributed by atoms with Gasteiger partial charge in [-0.25, -0.2) is 4.39 Å². The molecule has 0 bridgehead atoms. The zero-order valence-corrected chi connectivity index (χ0v) is 14.3. The summed E-state index contributed by atoms with van der Waals surface area (Å²) in [5.41, 5.74) is 1.07. The van der Waals surface area contributed by atoms with Gasteiger partial charge in [0.05, 0.1) is 0 Å². The Bertz CT molecular complexity index is 361. The fourth-order valence-electron chi connectivity index (χ4n) is 2.46. The lowest BCUT2D eigenvalue weighted by atomic mass is 10.00. The van der Waals surface area contributed by atoms with Gasteiger partial charge in [-0.05, 0) is 49.6 Å². The Morgan fingerprint density at radius 3 is 2.55 bits per heavy atom. The molecule has 20 heavy (non-hydrogen) atoms. The Kier molecular flexibility index (Phi) is 9.12. The second kappa shape index (κ2) is 10.3. The van der Waals surface area contributed by atoms with Crippen LogP contribution in [0.3, 0.4) is 0 Å². The van der Waals surface area contributed by atoms with Crippen LogP contribution < -0.4 is 5.32 Å². The topological polar surface area (TPSA) is 12.0 Å². The predicted octanol–water partition coefficient (Wildman–Crippen LogP) is 5.47. The van der Waals surface area contributed by atoms with Gasteiger partial charge in [0.25, 0.3) is 0 Å². The van der Waals surface area contributed by atoms with Crippen LogP contribution in [0.4, 0.5) is 4.39 Å². The molecular weight excluding hydrogens is 317 g/mol. The summed E-state index contributed by atoms with van der Waals surface area (Å²) in [6, 6.07) is 5.65. The van der Waals surface area contributed by atoms with E-state index in [-0.39, 0.29) is 5.82 Å². The van der Waals surface area contributed by atoms with Crippen molar-refractivity contribution in [1.29, 1.82) is 0 Å². The average molecular weight is 344 g/mol. The van der Waals surface area contributed by atoms with Crippen molar-refractivity contribution in [2.75, 3.05) is 6.54 Å². The summed E-state index contributed by atoms with van der Waals surface area (Å²) < 4.78 is 14.3. The van der Waals surface area contributed by atoms with Crippen LogP contribution >= 0.6 is 15.9 Å². The van der Waals surface area contributed by atoms with E-state index < -0.39 is 0 Å². The maximum atomic E-state index is 13.4. The molecule has 0 spiro atoms. The summed E-state index contributed by atoms with van der Waals surface area (Å²) in [6.45, 7) is 5.45. The van der Waals surface area contributed by atoms with Crippen molar-refractivity contribution < 1.29 is 4.39 Å². The van der Waals surface area contributed by atoms with Crippen LogP contribution in [0, 0.1) is 5.82 Å². The molecular formula is C17H27BrFN. The first-order chi connectivity index (χ1) is 9.65. The Labute approximate surface area is 131 Å². The van der Waals surface area contributed by atoms with Crippen LogP contribution in [0.5, 0.6) is 0 Å². The van der Waals surface area contributed by atoms with E-state index in [1.165, 1.54) is 38.2 Å². The molecule has 1 nitrogen and oxygen atoms in total. The third-order valence-corrected chi connectivity index (χ3v) is 3.95. The highest BCUT2D eigenvalue weighted by Gasteiger charge is 2.10. The molecule has 1 N–H and O–H groups in total. The number of rotatable bonds is 10. The molecule has 1 aromatic rings. The number of nitrogens with one attached hydrogen (secondary N) is 1. The SMILES string of the molecule is CCCCCCC(Cc1cc(F)cc(Br)c1)NCCC. The molecule has 0 amide bonds. The van der Waals surface area contributed by atoms with E-state index in [2.05, 4.69) is 35.1 Å². The highest BCUT2D eigenvalue weighted by molar-refractivity contribution is 9.10. The molecule has 0 saturated carbocycles. The van der Waals surface area contributed by atoms with Crippen LogP contribution in [0.2, 0.25) is 0 Å². The van der Waals surface area contributed by atoms with Gasteiger partial charge in [0, 0.05) is 10.5 Å². The number of benzene rings is 1. The molecule has 1 rings (SSSR count). The minimum absolute atomic E-state index is 0.158. The molecule has 0 aliphatic heterocycles. The first-order valence-corrected chi connectivity index (χ1v) is 8.63. The maximum absolute atomic E-state index is 13.4. The molecule has 0 radical (unpaired) electrons. The van der Waals surface area contributed by atoms with Gasteiger partial charge >= 0.3 is 0 Å². The van der Waals surface area contributed by atoms with E-state index in [0.717, 1.165) is 29.4 Å². The van der Waals surface area contributed by atoms with E-state index in [9.17, 15) is 4.39 Å². The van der Waals surface area contributed by atoms with Gasteiger partial charge in [-0.3, -0.25) is 0 Å². The van der Waals surface area contributed by atoms with Gasteiger partial charge in [-0.1, -0.05) is 55.5 Å². The molecule has 1 atom stereocenters. The van der Waals surface area contributed by atoms with Gasteiger partial charge in [0.2, 0.25) is 0 Å². The molecule has 114 valence electrons. The van der Waals surface area contributed by atoms with Crippen LogP contribution in [-0.4, -0.2) is 12.6 Å². The number of unbranched alkanes of at least 4 members (excludes halogenated alkanes) is 3. The third kappa shape index (κ3) is 7.39. The lowest BCUT2D eigenvalue weighted by molar-refractivity contribution is 0.452. The Morgan fingerprint density at radius 1 is 1.10 bits per heavy atom. The van der Waals surface area contributed by atoms with Crippen molar-refractivity contribution in [3.05, 3.63) is 34.1 Å². The van der Waals surface area contributed by atoms with Crippen molar-refractivity contribution in [2.24, 2.45) is 0 Å². The van der Waals surface area contributed by atoms with Crippen LogP contribution in [-0.2, 0) is 6.42 Å². The molecule has 3 heteroatoms. The Balaban J connectivity index is 2.53. The normalized spacial score (nSPS) is 12.6. The van der Waals surface area contributed by atoms with E-state index in [1.807, 2.05) is 6.07 Å². The van der Waals surface area contributed by atoms with E-state index in [1.54, 1.807) is 6.07 Å². The quantitative estimate of drug-likeness (QED) is 0.555. The van der Waals surface area contributed by atoms with Crippen molar-refractivity contribution in [1.82, 2.24) is 5.32 Å². The summed E-state index contributed by atoms with van der Waals surface area (Å²) in [5, 5.41) is 3.60. The smallest absolute Gasteiger partial charge is 0.124 e. The highest BCUT2D eigenvalue weighted by atomic mass is 79.9. The number of hydrogen-bond acceptors (Lipinski definition) is 1. The van der Waals surface area contributed by atoms with Crippen molar-refractivity contribution in [3.8, 4) is 0 Å². The van der Waals surface area contributed by atoms with Gasteiger partial charge in [-0.15, -0.1) is 0 Å². The maximum Gasteiger partial charge on any atom is 0.124 e. The molecule has 0 aromatic heterocycles. The summed E-state index contributed by atoms with van der Waals surface area (Å²) >= 11 is 3.37. The Morgan fingerprint density at radius 2 is 1.90 bits per heavy atom. The summed E-state index contributed by atoms with van der Waals surface area (Å²) in [6.07, 6.45) is 8.35. The summed E-state index contributed by atoms with van der Waals surface area (Å²) in [4.78, 5) is 0. The van der Waals surface area contributed by atoms with Crippen molar-refractivity contribution >= 4 is 15.9 Å². The molecule has 1 aromatic carbocycles. The van der Waals surface area contributed by atoms with Crippen LogP contribution in [0.15, 0.2) is 22.7 Å². The van der Waals surface area contributed by atoms with Gasteiger partial charge < -0.3 is 5.32 Å². The molecule has 0 heterocycles. The molecule has 0 fully saturated rings. The van der Waals surface area contributed by atoms with E-state index in [0.29, 0.717) is 6.04 Å². The number of hydrogen-bond donors (Lipinski definition) is 1. The van der Waals surface area contributed by atoms with Crippen LogP contribution in [0.25, 0.3) is 0 Å². The first-order valence-electron chi connectivity index (χ1n) is 7.84. The monoisotopic (exact) mass is 343 g/mol. The fraction of sp³-hybridized carbons (Fsp3) is 0.647. The average Bonchev–Trinajstić information content (AvgIpc) is 2.39. The fourth-order valence-corrected chi connectivity index (χ4v) is 2.97. The summed E-state index contributed by atoms with van der Waals surface area (Å²) in [5.74, 6) is -0.158. The zero-order valence-electron chi connectivity index (χ0n) is 12.7. The summed E-state index contributed by atoms with van der Waals surface area (Å²) in [7, 11) is 0. The first kappa shape index (κ1) is 17.6. The highest BCUT2D eigenvalue weighted by Crippen LogP contribution is 2.18. The number of halogens is 2. The van der Waals surface area contributed by atoms with Gasteiger partial charge in [-0.2, -0.15) is 0 Å². The van der Waals surface area contributed by atoms with Crippen molar-refractivity contribution in [3.63, 3.8) is 0 Å². The van der Waals surface area contributed by atoms with E-state index in [4.69, 9.17) is 0 Å². The van der Waals surface area contributed by atoms with Gasteiger partial charge in [0.15, 0.2) is 0 Å². The predicted molar refractivity (Wildman–Crippen MR) is 88.6 cm³/mol. The van der Waals surface area contributed by atoms with Gasteiger partial charge in [0.1, 0.15) is 5.82 Å². The minimum atomic E-state index is -0.158.